The molecule has 0 amide bonds. The average molecular weight is 792 g/mol. The maximum Gasteiger partial charge on any atom is 2.00 e. The average Bonchev–Trinajstić information content (AvgIpc) is 3.70. The van der Waals surface area contributed by atoms with Gasteiger partial charge in [0.15, 0.2) is 0 Å². The summed E-state index contributed by atoms with van der Waals surface area (Å²) in [6.07, 6.45) is -1.18. The first kappa shape index (κ1) is 47.0. The van der Waals surface area contributed by atoms with Crippen LogP contribution in [0.4, 0.5) is 26.3 Å². The Balaban J connectivity index is 0.000000459. The molecule has 278 valence electrons. The molecule has 6 rings (SSSR count). The zero-order valence-corrected chi connectivity index (χ0v) is 32.4. The Labute approximate surface area is 331 Å². The van der Waals surface area contributed by atoms with Crippen molar-refractivity contribution < 1.29 is 72.9 Å². The maximum absolute atomic E-state index is 12.7. The van der Waals surface area contributed by atoms with Gasteiger partial charge in [-0.3, -0.25) is 0 Å². The van der Waals surface area contributed by atoms with Crippen LogP contribution >= 0.6 is 0 Å². The molecule has 0 aliphatic carbocycles. The summed E-state index contributed by atoms with van der Waals surface area (Å²) in [6.45, 7) is 11.1. The molecule has 6 aromatic carbocycles. The fourth-order valence-corrected chi connectivity index (χ4v) is 5.83. The van der Waals surface area contributed by atoms with Gasteiger partial charge in [0.05, 0.1) is 11.1 Å². The summed E-state index contributed by atoms with van der Waals surface area (Å²) >= 11 is 0. The van der Waals surface area contributed by atoms with E-state index in [0.717, 1.165) is 113 Å². The Morgan fingerprint density at radius 1 is 0.538 bits per heavy atom. The summed E-state index contributed by atoms with van der Waals surface area (Å²) in [5.74, 6) is 0. The predicted octanol–water partition coefficient (Wildman–Crippen LogP) is 8.22. The Kier molecular flexibility index (Phi) is 19.5. The van der Waals surface area contributed by atoms with Crippen LogP contribution in [0.5, 0.6) is 0 Å². The number of aryl methyl sites for hydroxylation is 2. The van der Waals surface area contributed by atoms with Crippen LogP contribution in [0, 0.1) is 13.8 Å². The van der Waals surface area contributed by atoms with E-state index in [4.69, 9.17) is 0 Å². The van der Waals surface area contributed by atoms with Crippen LogP contribution < -0.4 is 24.8 Å². The van der Waals surface area contributed by atoms with Crippen molar-refractivity contribution in [3.63, 3.8) is 0 Å². The van der Waals surface area contributed by atoms with Gasteiger partial charge in [-0.15, -0.1) is 69.1 Å². The monoisotopic (exact) mass is 790 g/mol. The molecule has 0 aromatic heterocycles. The minimum Gasteiger partial charge on any atom is -1.00 e. The number of alkyl halides is 6. The molecule has 6 aromatic rings. The van der Waals surface area contributed by atoms with Gasteiger partial charge in [0.2, 0.25) is 0 Å². The molecule has 0 N–H and O–H groups in total. The van der Waals surface area contributed by atoms with E-state index in [0.29, 0.717) is 0 Å². The Bertz CT molecular complexity index is 1760. The van der Waals surface area contributed by atoms with E-state index < -0.39 is 23.5 Å². The fraction of sp³-hybridized carbons (Fsp3) is 0.256. The van der Waals surface area contributed by atoms with Crippen molar-refractivity contribution in [3.8, 4) is 22.3 Å². The molecular formula is C43H42Cl2F6Ti-4. The van der Waals surface area contributed by atoms with Crippen molar-refractivity contribution in [2.45, 2.75) is 71.1 Å². The molecule has 0 fully saturated rings. The summed E-state index contributed by atoms with van der Waals surface area (Å²) in [6, 6.07) is 31.4. The standard InChI is InChI=1S/2C20H18F3.C3H6.2ClH.Ti/c2*1-2-3-5-14-12-16-6-4-7-18(19(16)13-14)15-8-10-17(11-9-15)20(21,22)23;1-3-2;;;/h2*4,6-13H,2-3,5H2,1H3;1-3H2;2*1H;/q2*-1;-2;;;+2/p-2. The molecule has 52 heavy (non-hydrogen) atoms. The molecule has 0 bridgehead atoms. The SMILES string of the molecule is CCCCc1cc2c(-c3ccc(C(F)(F)F)cc3)cccc2[cH-]1.CCCCc1cc2c(-c3ccc(C(F)(F)F)cc3)cccc2[cH-]1.[CH2-]C[CH2-].[Cl-].[Cl-].[Ti+2]. The minimum atomic E-state index is -4.29. The van der Waals surface area contributed by atoms with Crippen LogP contribution in [0.25, 0.3) is 43.8 Å². The predicted molar refractivity (Wildman–Crippen MR) is 193 cm³/mol. The number of benzene rings is 4. The van der Waals surface area contributed by atoms with Gasteiger partial charge in [0, 0.05) is 0 Å². The zero-order valence-electron chi connectivity index (χ0n) is 29.3. The van der Waals surface area contributed by atoms with Crippen LogP contribution in [0.1, 0.15) is 68.2 Å². The molecule has 0 aliphatic rings. The smallest absolute Gasteiger partial charge is 1.00 e. The van der Waals surface area contributed by atoms with Crippen LogP contribution in [-0.4, -0.2) is 0 Å². The van der Waals surface area contributed by atoms with Gasteiger partial charge < -0.3 is 45.1 Å². The summed E-state index contributed by atoms with van der Waals surface area (Å²) < 4.78 is 76.2. The molecule has 0 atom stereocenters. The van der Waals surface area contributed by atoms with E-state index in [-0.39, 0.29) is 46.5 Å². The number of unbranched alkanes of at least 4 members (excludes halogenated alkanes) is 2. The summed E-state index contributed by atoms with van der Waals surface area (Å²) in [7, 11) is 0. The molecule has 0 spiro atoms. The van der Waals surface area contributed by atoms with Gasteiger partial charge in [-0.1, -0.05) is 87.1 Å². The molecule has 0 saturated heterocycles. The van der Waals surface area contributed by atoms with Gasteiger partial charge in [-0.2, -0.15) is 38.5 Å². The Morgan fingerprint density at radius 3 is 1.15 bits per heavy atom. The number of hydrogen-bond acceptors (Lipinski definition) is 0. The zero-order chi connectivity index (χ0) is 35.6. The topological polar surface area (TPSA) is 0 Å². The third kappa shape index (κ3) is 12.5. The first-order chi connectivity index (χ1) is 23.4. The van der Waals surface area contributed by atoms with Crippen molar-refractivity contribution in [3.05, 3.63) is 145 Å². The first-order valence-electron chi connectivity index (χ1n) is 16.7. The molecule has 0 unspecified atom stereocenters. The third-order valence-corrected chi connectivity index (χ3v) is 8.31. The number of fused-ring (bicyclic) bond motifs is 2. The summed E-state index contributed by atoms with van der Waals surface area (Å²) in [4.78, 5) is 0. The largest absolute Gasteiger partial charge is 2.00 e. The van der Waals surface area contributed by atoms with Crippen molar-refractivity contribution >= 4 is 21.5 Å². The number of halogens is 8. The van der Waals surface area contributed by atoms with Gasteiger partial charge in [-0.25, -0.2) is 0 Å². The molecule has 0 radical (unpaired) electrons. The molecule has 0 heterocycles. The number of hydrogen-bond donors (Lipinski definition) is 0. The molecule has 0 nitrogen and oxygen atoms in total. The maximum atomic E-state index is 12.7. The van der Waals surface area contributed by atoms with E-state index >= 15 is 0 Å². The van der Waals surface area contributed by atoms with Crippen molar-refractivity contribution in [2.75, 3.05) is 0 Å². The van der Waals surface area contributed by atoms with E-state index in [9.17, 15) is 26.3 Å². The van der Waals surface area contributed by atoms with E-state index in [2.05, 4.69) is 64.1 Å². The molecular weight excluding hydrogens is 749 g/mol. The van der Waals surface area contributed by atoms with E-state index in [1.807, 2.05) is 24.3 Å². The van der Waals surface area contributed by atoms with E-state index in [1.165, 1.54) is 11.1 Å². The molecule has 9 heteroatoms. The summed E-state index contributed by atoms with van der Waals surface area (Å²) in [5.41, 5.74) is 4.96. The van der Waals surface area contributed by atoms with Crippen molar-refractivity contribution in [1.82, 2.24) is 0 Å². The number of rotatable bonds is 8. The Morgan fingerprint density at radius 2 is 0.865 bits per heavy atom. The van der Waals surface area contributed by atoms with Crippen LogP contribution in [0.3, 0.4) is 0 Å². The van der Waals surface area contributed by atoms with Crippen LogP contribution in [0.15, 0.2) is 109 Å². The van der Waals surface area contributed by atoms with Gasteiger partial charge in [0.1, 0.15) is 0 Å². The molecule has 0 saturated carbocycles. The van der Waals surface area contributed by atoms with Crippen molar-refractivity contribution in [2.24, 2.45) is 0 Å². The third-order valence-electron chi connectivity index (χ3n) is 8.31. The normalized spacial score (nSPS) is 11.0. The van der Waals surface area contributed by atoms with Crippen LogP contribution in [-0.2, 0) is 46.9 Å². The minimum absolute atomic E-state index is 0. The quantitative estimate of drug-likeness (QED) is 0.0829. The second kappa shape index (κ2) is 21.6. The second-order valence-electron chi connectivity index (χ2n) is 12.1. The second-order valence-corrected chi connectivity index (χ2v) is 12.1. The first-order valence-corrected chi connectivity index (χ1v) is 16.7. The Hall–Kier alpha value is -3.03. The van der Waals surface area contributed by atoms with Gasteiger partial charge >= 0.3 is 34.1 Å². The van der Waals surface area contributed by atoms with Gasteiger partial charge in [-0.05, 0) is 48.2 Å². The van der Waals surface area contributed by atoms with Gasteiger partial charge in [0.25, 0.3) is 0 Å². The molecule has 0 aliphatic heterocycles. The fourth-order valence-electron chi connectivity index (χ4n) is 5.83. The van der Waals surface area contributed by atoms with E-state index in [1.54, 1.807) is 24.3 Å². The van der Waals surface area contributed by atoms with Crippen LogP contribution in [0.2, 0.25) is 0 Å². The summed E-state index contributed by atoms with van der Waals surface area (Å²) in [5, 5.41) is 4.51. The van der Waals surface area contributed by atoms with Crippen molar-refractivity contribution in [1.29, 1.82) is 0 Å².